The molecule has 6 heteroatoms. The predicted molar refractivity (Wildman–Crippen MR) is 129 cm³/mol. The van der Waals surface area contributed by atoms with E-state index in [4.69, 9.17) is 10.8 Å². The third-order valence-electron chi connectivity index (χ3n) is 4.34. The van der Waals surface area contributed by atoms with Gasteiger partial charge in [-0.2, -0.15) is 0 Å². The van der Waals surface area contributed by atoms with E-state index in [1.165, 1.54) is 57.9 Å². The molecule has 0 amide bonds. The van der Waals surface area contributed by atoms with E-state index in [0.717, 1.165) is 12.5 Å². The lowest BCUT2D eigenvalue weighted by molar-refractivity contribution is -0.257. The van der Waals surface area contributed by atoms with Gasteiger partial charge < -0.3 is 10.8 Å². The van der Waals surface area contributed by atoms with E-state index in [-0.39, 0.29) is 0 Å². The lowest BCUT2D eigenvalue weighted by atomic mass is 10.1. The van der Waals surface area contributed by atoms with Crippen molar-refractivity contribution in [1.29, 1.82) is 0 Å². The molecule has 0 saturated heterocycles. The molecule has 178 valence electrons. The molecule has 0 bridgehead atoms. The molecule has 2 atom stereocenters. The minimum atomic E-state index is -1.27. The summed E-state index contributed by atoms with van der Waals surface area (Å²) in [5, 5.41) is 9.13. The second-order valence-corrected chi connectivity index (χ2v) is 7.31. The summed E-state index contributed by atoms with van der Waals surface area (Å²) in [7, 11) is 0. The maximum Gasteiger partial charge on any atom is 0.379 e. The van der Waals surface area contributed by atoms with Gasteiger partial charge >= 0.3 is 11.9 Å². The van der Waals surface area contributed by atoms with Gasteiger partial charge in [0.25, 0.3) is 0 Å². The van der Waals surface area contributed by atoms with Crippen molar-refractivity contribution in [3.8, 4) is 0 Å². The highest BCUT2D eigenvalue weighted by Gasteiger charge is 2.22. The Morgan fingerprint density at radius 3 is 1.84 bits per heavy atom. The van der Waals surface area contributed by atoms with Crippen molar-refractivity contribution in [1.82, 2.24) is 0 Å². The number of aliphatic hydroxyl groups is 1. The largest absolute Gasteiger partial charge is 0.391 e. The van der Waals surface area contributed by atoms with Gasteiger partial charge in [-0.3, -0.25) is 0 Å². The summed E-state index contributed by atoms with van der Waals surface area (Å²) in [6, 6.07) is -1.27. The number of nitrogens with two attached hydrogens (primary N) is 1. The van der Waals surface area contributed by atoms with Crippen molar-refractivity contribution in [3.05, 3.63) is 72.9 Å². The van der Waals surface area contributed by atoms with Crippen molar-refractivity contribution in [2.24, 2.45) is 5.73 Å². The Morgan fingerprint density at radius 2 is 1.28 bits per heavy atom. The zero-order valence-electron chi connectivity index (χ0n) is 19.4. The highest BCUT2D eigenvalue weighted by atomic mass is 17.2. The van der Waals surface area contributed by atoms with Crippen LogP contribution in [0.25, 0.3) is 0 Å². The Kier molecular flexibility index (Phi) is 19.7. The predicted octanol–water partition coefficient (Wildman–Crippen LogP) is 5.17. The maximum absolute atomic E-state index is 11.4. The summed E-state index contributed by atoms with van der Waals surface area (Å²) in [6.45, 7) is 3.57. The Bertz CT molecular complexity index is 672. The monoisotopic (exact) mass is 445 g/mol. The van der Waals surface area contributed by atoms with Gasteiger partial charge in [0.2, 0.25) is 0 Å². The molecule has 0 aromatic heterocycles. The third-order valence-corrected chi connectivity index (χ3v) is 4.34. The van der Waals surface area contributed by atoms with Crippen LogP contribution in [0.4, 0.5) is 0 Å². The number of rotatable bonds is 16. The summed E-state index contributed by atoms with van der Waals surface area (Å²) in [6.07, 6.45) is 31.0. The number of aliphatic hydroxyl groups excluding tert-OH is 1. The van der Waals surface area contributed by atoms with Crippen LogP contribution in [0.3, 0.4) is 0 Å². The summed E-state index contributed by atoms with van der Waals surface area (Å²) in [5.74, 6) is -1.89. The molecule has 0 fully saturated rings. The van der Waals surface area contributed by atoms with Gasteiger partial charge in [-0.15, -0.1) is 0 Å². The molecule has 0 rings (SSSR count). The smallest absolute Gasteiger partial charge is 0.379 e. The van der Waals surface area contributed by atoms with E-state index in [1.807, 2.05) is 30.4 Å². The van der Waals surface area contributed by atoms with Gasteiger partial charge in [0.1, 0.15) is 6.04 Å². The fourth-order valence-corrected chi connectivity index (χ4v) is 2.40. The molecule has 0 heterocycles. The molecule has 0 aliphatic rings. The Morgan fingerprint density at radius 1 is 0.781 bits per heavy atom. The molecule has 0 aliphatic heterocycles. The number of hydrogen-bond acceptors (Lipinski definition) is 6. The van der Waals surface area contributed by atoms with Crippen LogP contribution in [-0.2, 0) is 19.4 Å². The third kappa shape index (κ3) is 19.3. The molecule has 6 nitrogen and oxygen atoms in total. The molecule has 0 aliphatic carbocycles. The first kappa shape index (κ1) is 29.3. The number of carbonyl (C=O) groups is 2. The average molecular weight is 446 g/mol. The molecule has 0 saturated carbocycles. The normalized spacial score (nSPS) is 14.5. The van der Waals surface area contributed by atoms with Gasteiger partial charge in [-0.25, -0.2) is 19.4 Å². The van der Waals surface area contributed by atoms with Crippen LogP contribution >= 0.6 is 0 Å². The minimum absolute atomic E-state index is 0.866. The van der Waals surface area contributed by atoms with Crippen molar-refractivity contribution >= 4 is 11.9 Å². The molecule has 0 radical (unpaired) electrons. The fourth-order valence-electron chi connectivity index (χ4n) is 2.40. The zero-order valence-corrected chi connectivity index (χ0v) is 19.4. The van der Waals surface area contributed by atoms with Gasteiger partial charge in [0.05, 0.1) is 6.10 Å². The van der Waals surface area contributed by atoms with E-state index in [2.05, 4.69) is 28.9 Å². The summed E-state index contributed by atoms with van der Waals surface area (Å²) in [5.41, 5.74) is 5.33. The van der Waals surface area contributed by atoms with Crippen molar-refractivity contribution < 1.29 is 24.5 Å². The zero-order chi connectivity index (χ0) is 23.9. The van der Waals surface area contributed by atoms with E-state index >= 15 is 0 Å². The van der Waals surface area contributed by atoms with Gasteiger partial charge in [-0.1, -0.05) is 112 Å². The molecule has 0 aromatic rings. The minimum Gasteiger partial charge on any atom is -0.391 e. The Balaban J connectivity index is 3.85. The molecular formula is C26H39NO5. The van der Waals surface area contributed by atoms with Crippen LogP contribution in [0.5, 0.6) is 0 Å². The SMILES string of the molecule is CCCCCCCCC/C=C/C=C/C=C/C=C/C=C/C=C/C(=O)OOC(=O)C(N)C(C)O. The lowest BCUT2D eigenvalue weighted by Crippen LogP contribution is -2.41. The maximum atomic E-state index is 11.4. The van der Waals surface area contributed by atoms with Gasteiger partial charge in [-0.05, 0) is 19.8 Å². The summed E-state index contributed by atoms with van der Waals surface area (Å²) < 4.78 is 0. The van der Waals surface area contributed by atoms with Gasteiger partial charge in [0.15, 0.2) is 0 Å². The summed E-state index contributed by atoms with van der Waals surface area (Å²) >= 11 is 0. The van der Waals surface area contributed by atoms with Crippen molar-refractivity contribution in [3.63, 3.8) is 0 Å². The standard InChI is InChI=1S/C26H39NO5/c1-3-4-5-6-7-8-9-10-11-12-13-14-15-16-17-18-19-20-21-22-24(29)31-32-26(30)25(27)23(2)28/h11-23,25,28H,3-10,27H2,1-2H3/b12-11+,14-13+,16-15+,18-17+,20-19+,22-21+. The molecular weight excluding hydrogens is 406 g/mol. The Hall–Kier alpha value is -2.70. The van der Waals surface area contributed by atoms with Crippen LogP contribution in [0.2, 0.25) is 0 Å². The van der Waals surface area contributed by atoms with E-state index in [9.17, 15) is 9.59 Å². The van der Waals surface area contributed by atoms with Crippen molar-refractivity contribution in [2.45, 2.75) is 77.4 Å². The molecule has 0 spiro atoms. The number of carbonyl (C=O) groups excluding carboxylic acids is 2. The molecule has 3 N–H and O–H groups in total. The average Bonchev–Trinajstić information content (AvgIpc) is 2.78. The summed E-state index contributed by atoms with van der Waals surface area (Å²) in [4.78, 5) is 31.2. The van der Waals surface area contributed by atoms with Crippen LogP contribution in [-0.4, -0.2) is 29.2 Å². The highest BCUT2D eigenvalue weighted by Crippen LogP contribution is 2.08. The fraction of sp³-hybridized carbons (Fsp3) is 0.462. The molecule has 2 unspecified atom stereocenters. The number of hydrogen-bond donors (Lipinski definition) is 2. The van der Waals surface area contributed by atoms with E-state index in [0.29, 0.717) is 0 Å². The molecule has 32 heavy (non-hydrogen) atoms. The highest BCUT2D eigenvalue weighted by molar-refractivity contribution is 5.83. The van der Waals surface area contributed by atoms with E-state index in [1.54, 1.807) is 18.2 Å². The van der Waals surface area contributed by atoms with Crippen LogP contribution in [0, 0.1) is 0 Å². The first-order valence-electron chi connectivity index (χ1n) is 11.3. The lowest BCUT2D eigenvalue weighted by Gasteiger charge is -2.10. The van der Waals surface area contributed by atoms with Crippen LogP contribution in [0.15, 0.2) is 72.9 Å². The Labute approximate surface area is 192 Å². The topological polar surface area (TPSA) is 98.9 Å². The first-order chi connectivity index (χ1) is 15.5. The number of unbranched alkanes of at least 4 members (excludes halogenated alkanes) is 7. The second-order valence-electron chi connectivity index (χ2n) is 7.31. The van der Waals surface area contributed by atoms with Gasteiger partial charge in [0, 0.05) is 6.08 Å². The molecule has 0 aromatic carbocycles. The van der Waals surface area contributed by atoms with Crippen LogP contribution in [0.1, 0.15) is 65.2 Å². The van der Waals surface area contributed by atoms with E-state index < -0.39 is 24.1 Å². The van der Waals surface area contributed by atoms with Crippen molar-refractivity contribution in [2.75, 3.05) is 0 Å². The quantitative estimate of drug-likeness (QED) is 0.112. The number of allylic oxidation sites excluding steroid dienone is 11. The second kappa shape index (κ2) is 21.5. The first-order valence-corrected chi connectivity index (χ1v) is 11.3. The van der Waals surface area contributed by atoms with Crippen LogP contribution < -0.4 is 5.73 Å².